The number of benzene rings is 1. The fourth-order valence-electron chi connectivity index (χ4n) is 4.14. The third kappa shape index (κ3) is 3.58. The first kappa shape index (κ1) is 14.9. The fraction of sp³-hybridized carbons (Fsp3) is 0.667. The van der Waals surface area contributed by atoms with Crippen LogP contribution in [0.2, 0.25) is 0 Å². The zero-order valence-corrected chi connectivity index (χ0v) is 13.3. The van der Waals surface area contributed by atoms with Crippen molar-refractivity contribution in [2.45, 2.75) is 50.7 Å². The Hall–Kier alpha value is -1.06. The Morgan fingerprint density at radius 1 is 1.24 bits per heavy atom. The lowest BCUT2D eigenvalue weighted by Crippen LogP contribution is -2.39. The predicted octanol–water partition coefficient (Wildman–Crippen LogP) is 3.05. The highest BCUT2D eigenvalue weighted by molar-refractivity contribution is 5.33. The number of ether oxygens (including phenoxy) is 1. The molecule has 0 spiro atoms. The van der Waals surface area contributed by atoms with E-state index in [1.807, 2.05) is 12.1 Å². The van der Waals surface area contributed by atoms with Crippen molar-refractivity contribution < 1.29 is 4.74 Å². The maximum absolute atomic E-state index is 5.45. The van der Waals surface area contributed by atoms with E-state index in [2.05, 4.69) is 29.4 Å². The maximum atomic E-state index is 5.45. The van der Waals surface area contributed by atoms with E-state index in [0.29, 0.717) is 6.04 Å². The first-order valence-electron chi connectivity index (χ1n) is 8.32. The summed E-state index contributed by atoms with van der Waals surface area (Å²) < 4.78 is 5.45. The molecule has 1 saturated carbocycles. The number of methoxy groups -OCH3 is 1. The lowest BCUT2D eigenvalue weighted by Gasteiger charge is -2.24. The van der Waals surface area contributed by atoms with Gasteiger partial charge in [0.05, 0.1) is 7.11 Å². The van der Waals surface area contributed by atoms with Crippen LogP contribution in [0.5, 0.6) is 5.75 Å². The van der Waals surface area contributed by atoms with Gasteiger partial charge in [0.15, 0.2) is 0 Å². The molecule has 0 radical (unpaired) electrons. The fourth-order valence-corrected chi connectivity index (χ4v) is 4.14. The Morgan fingerprint density at radius 3 is 2.86 bits per heavy atom. The molecule has 3 heteroatoms. The summed E-state index contributed by atoms with van der Waals surface area (Å²) in [5.41, 5.74) is 1.28. The summed E-state index contributed by atoms with van der Waals surface area (Å²) >= 11 is 0. The number of likely N-dealkylation sites (N-methyl/N-ethyl adjacent to an activating group) is 1. The van der Waals surface area contributed by atoms with E-state index in [4.69, 9.17) is 4.74 Å². The number of nitrogens with zero attached hydrogens (tertiary/aromatic N) is 1. The summed E-state index contributed by atoms with van der Waals surface area (Å²) in [5.74, 6) is 1.93. The molecule has 1 N–H and O–H groups in total. The first-order valence-corrected chi connectivity index (χ1v) is 8.32. The molecule has 0 amide bonds. The molecule has 21 heavy (non-hydrogen) atoms. The molecule has 0 aromatic heterocycles. The smallest absolute Gasteiger partial charge is 0.123 e. The number of rotatable bonds is 5. The molecule has 1 heterocycles. The quantitative estimate of drug-likeness (QED) is 0.901. The molecular weight excluding hydrogens is 260 g/mol. The van der Waals surface area contributed by atoms with Crippen molar-refractivity contribution >= 4 is 0 Å². The first-order chi connectivity index (χ1) is 10.3. The molecule has 2 aliphatic rings. The molecular formula is C18H28N2O. The second kappa shape index (κ2) is 6.80. The summed E-state index contributed by atoms with van der Waals surface area (Å²) in [4.78, 5) is 2.42. The van der Waals surface area contributed by atoms with Gasteiger partial charge in [-0.25, -0.2) is 0 Å². The van der Waals surface area contributed by atoms with Gasteiger partial charge in [-0.1, -0.05) is 31.0 Å². The van der Waals surface area contributed by atoms with Crippen molar-refractivity contribution in [2.24, 2.45) is 5.92 Å². The molecule has 1 saturated heterocycles. The SMILES string of the molecule is COc1ccccc1CN(C)CC1CC2CCCCC2N1. The van der Waals surface area contributed by atoms with E-state index >= 15 is 0 Å². The largest absolute Gasteiger partial charge is 0.496 e. The molecule has 3 rings (SSSR count). The van der Waals surface area contributed by atoms with Gasteiger partial charge in [-0.05, 0) is 38.3 Å². The number of para-hydroxylation sites is 1. The van der Waals surface area contributed by atoms with Gasteiger partial charge in [0.2, 0.25) is 0 Å². The van der Waals surface area contributed by atoms with Gasteiger partial charge in [-0.15, -0.1) is 0 Å². The Kier molecular flexibility index (Phi) is 4.81. The Labute approximate surface area is 128 Å². The monoisotopic (exact) mass is 288 g/mol. The standard InChI is InChI=1S/C18H28N2O/c1-20(12-15-8-4-6-10-18(15)21-2)13-16-11-14-7-3-5-9-17(14)19-16/h4,6,8,10,14,16-17,19H,3,5,7,9,11-13H2,1-2H3. The van der Waals surface area contributed by atoms with E-state index in [1.54, 1.807) is 7.11 Å². The van der Waals surface area contributed by atoms with E-state index in [-0.39, 0.29) is 0 Å². The van der Waals surface area contributed by atoms with E-state index in [9.17, 15) is 0 Å². The van der Waals surface area contributed by atoms with Gasteiger partial charge in [0.25, 0.3) is 0 Å². The summed E-state index contributed by atoms with van der Waals surface area (Å²) in [6, 6.07) is 9.80. The van der Waals surface area contributed by atoms with Crippen molar-refractivity contribution in [3.8, 4) is 5.75 Å². The van der Waals surface area contributed by atoms with Crippen LogP contribution in [0.1, 0.15) is 37.7 Å². The molecule has 1 aliphatic carbocycles. The minimum absolute atomic E-state index is 0.665. The van der Waals surface area contributed by atoms with Crippen molar-refractivity contribution in [2.75, 3.05) is 20.7 Å². The Bertz CT molecular complexity index is 448. The van der Waals surface area contributed by atoms with Crippen molar-refractivity contribution in [3.63, 3.8) is 0 Å². The topological polar surface area (TPSA) is 24.5 Å². The lowest BCUT2D eigenvalue weighted by molar-refractivity contribution is 0.283. The summed E-state index contributed by atoms with van der Waals surface area (Å²) in [7, 11) is 3.97. The summed E-state index contributed by atoms with van der Waals surface area (Å²) in [6.45, 7) is 2.09. The average Bonchev–Trinajstić information content (AvgIpc) is 2.89. The van der Waals surface area contributed by atoms with E-state index in [0.717, 1.165) is 30.8 Å². The van der Waals surface area contributed by atoms with Gasteiger partial charge in [0.1, 0.15) is 5.75 Å². The van der Waals surface area contributed by atoms with E-state index in [1.165, 1.54) is 37.7 Å². The molecule has 1 aliphatic heterocycles. The molecule has 2 fully saturated rings. The van der Waals surface area contributed by atoms with Crippen molar-refractivity contribution in [1.29, 1.82) is 0 Å². The van der Waals surface area contributed by atoms with Crippen LogP contribution in [0.4, 0.5) is 0 Å². The Balaban J connectivity index is 1.53. The zero-order valence-electron chi connectivity index (χ0n) is 13.3. The van der Waals surface area contributed by atoms with Gasteiger partial charge in [-0.2, -0.15) is 0 Å². The molecule has 1 aromatic rings. The van der Waals surface area contributed by atoms with Crippen molar-refractivity contribution in [1.82, 2.24) is 10.2 Å². The minimum Gasteiger partial charge on any atom is -0.496 e. The zero-order chi connectivity index (χ0) is 14.7. The highest BCUT2D eigenvalue weighted by Gasteiger charge is 2.35. The highest BCUT2D eigenvalue weighted by atomic mass is 16.5. The summed E-state index contributed by atoms with van der Waals surface area (Å²) in [5, 5.41) is 3.87. The second-order valence-electron chi connectivity index (χ2n) is 6.76. The van der Waals surface area contributed by atoms with E-state index < -0.39 is 0 Å². The molecule has 3 nitrogen and oxygen atoms in total. The molecule has 1 aromatic carbocycles. The minimum atomic E-state index is 0.665. The van der Waals surface area contributed by atoms with Crippen LogP contribution in [0.3, 0.4) is 0 Å². The van der Waals surface area contributed by atoms with Gasteiger partial charge < -0.3 is 15.0 Å². The molecule has 116 valence electrons. The van der Waals surface area contributed by atoms with Gasteiger partial charge in [-0.3, -0.25) is 0 Å². The average molecular weight is 288 g/mol. The Morgan fingerprint density at radius 2 is 2.05 bits per heavy atom. The number of nitrogens with one attached hydrogen (secondary N) is 1. The highest BCUT2D eigenvalue weighted by Crippen LogP contribution is 2.33. The van der Waals surface area contributed by atoms with Crippen LogP contribution < -0.4 is 10.1 Å². The maximum Gasteiger partial charge on any atom is 0.123 e. The summed E-state index contributed by atoms with van der Waals surface area (Å²) in [6.07, 6.45) is 7.03. The van der Waals surface area contributed by atoms with Crippen LogP contribution in [0, 0.1) is 5.92 Å². The third-order valence-corrected chi connectivity index (χ3v) is 5.11. The van der Waals surface area contributed by atoms with Crippen LogP contribution >= 0.6 is 0 Å². The number of hydrogen-bond acceptors (Lipinski definition) is 3. The van der Waals surface area contributed by atoms with Crippen LogP contribution in [-0.2, 0) is 6.54 Å². The third-order valence-electron chi connectivity index (χ3n) is 5.11. The van der Waals surface area contributed by atoms with Crippen LogP contribution in [0.25, 0.3) is 0 Å². The number of hydrogen-bond donors (Lipinski definition) is 1. The van der Waals surface area contributed by atoms with Gasteiger partial charge >= 0.3 is 0 Å². The van der Waals surface area contributed by atoms with Gasteiger partial charge in [0, 0.05) is 30.7 Å². The predicted molar refractivity (Wildman–Crippen MR) is 86.6 cm³/mol. The van der Waals surface area contributed by atoms with Crippen molar-refractivity contribution in [3.05, 3.63) is 29.8 Å². The normalized spacial score (nSPS) is 28.6. The number of fused-ring (bicyclic) bond motifs is 1. The van der Waals surface area contributed by atoms with Crippen LogP contribution in [0.15, 0.2) is 24.3 Å². The second-order valence-corrected chi connectivity index (χ2v) is 6.76. The molecule has 3 atom stereocenters. The molecule has 0 bridgehead atoms. The molecule has 3 unspecified atom stereocenters. The van der Waals surface area contributed by atoms with Crippen LogP contribution in [-0.4, -0.2) is 37.7 Å². The lowest BCUT2D eigenvalue weighted by atomic mass is 9.85.